The lowest BCUT2D eigenvalue weighted by Crippen LogP contribution is -2.28. The minimum Gasteiger partial charge on any atom is -0.457 e. The molecule has 2 unspecified atom stereocenters. The topological polar surface area (TPSA) is 117 Å². The lowest BCUT2D eigenvalue weighted by atomic mass is 10.0. The second kappa shape index (κ2) is 43.3. The van der Waals surface area contributed by atoms with E-state index in [1.54, 1.807) is 0 Å². The quantitative estimate of drug-likeness (QED) is 0.0271. The van der Waals surface area contributed by atoms with Gasteiger partial charge in [0.15, 0.2) is 0 Å². The van der Waals surface area contributed by atoms with Crippen molar-refractivity contribution in [1.29, 1.82) is 0 Å². The van der Waals surface area contributed by atoms with Gasteiger partial charge < -0.3 is 20.1 Å². The summed E-state index contributed by atoms with van der Waals surface area (Å²) in [7, 11) is -4.29. The number of esters is 1. The van der Waals surface area contributed by atoms with E-state index >= 15 is 0 Å². The van der Waals surface area contributed by atoms with Gasteiger partial charge in [-0.15, -0.1) is 0 Å². The van der Waals surface area contributed by atoms with E-state index in [4.69, 9.17) is 24.3 Å². The fourth-order valence-electron chi connectivity index (χ4n) is 5.96. The summed E-state index contributed by atoms with van der Waals surface area (Å²) < 4.78 is 33.4. The van der Waals surface area contributed by atoms with Crippen LogP contribution in [-0.4, -0.2) is 49.9 Å². The number of carbonyl (C=O) groups is 1. The molecular formula is C46H84NO7P. The summed E-state index contributed by atoms with van der Waals surface area (Å²) in [5.41, 5.74) is 5.37. The van der Waals surface area contributed by atoms with Crippen molar-refractivity contribution in [2.75, 3.05) is 33.0 Å². The molecule has 0 aromatic carbocycles. The molecule has 0 aliphatic carbocycles. The molecule has 0 radical (unpaired) electrons. The van der Waals surface area contributed by atoms with E-state index in [0.29, 0.717) is 6.61 Å². The van der Waals surface area contributed by atoms with Crippen LogP contribution in [0.25, 0.3) is 0 Å². The molecule has 0 aliphatic rings. The van der Waals surface area contributed by atoms with Crippen LogP contribution < -0.4 is 5.73 Å². The first kappa shape index (κ1) is 53.2. The second-order valence-electron chi connectivity index (χ2n) is 14.5. The molecule has 0 fully saturated rings. The smallest absolute Gasteiger partial charge is 0.457 e. The Hall–Kier alpha value is -1.80. The lowest BCUT2D eigenvalue weighted by molar-refractivity contribution is -0.154. The molecule has 2 atom stereocenters. The van der Waals surface area contributed by atoms with Crippen molar-refractivity contribution < 1.29 is 32.8 Å². The number of phosphoric ester groups is 1. The van der Waals surface area contributed by atoms with Gasteiger partial charge in [-0.1, -0.05) is 184 Å². The highest BCUT2D eigenvalue weighted by Crippen LogP contribution is 2.43. The van der Waals surface area contributed by atoms with Gasteiger partial charge in [-0.25, -0.2) is 4.57 Å². The molecule has 9 heteroatoms. The summed E-state index contributed by atoms with van der Waals surface area (Å²) in [6.45, 7) is 4.77. The number of hydrogen-bond donors (Lipinski definition) is 2. The van der Waals surface area contributed by atoms with E-state index < -0.39 is 13.9 Å². The first-order valence-corrected chi connectivity index (χ1v) is 23.8. The number of ether oxygens (including phenoxy) is 2. The Morgan fingerprint density at radius 1 is 0.564 bits per heavy atom. The van der Waals surface area contributed by atoms with E-state index in [1.165, 1.54) is 96.3 Å². The summed E-state index contributed by atoms with van der Waals surface area (Å²) in [5, 5.41) is 0. The number of rotatable bonds is 42. The average Bonchev–Trinajstić information content (AvgIpc) is 3.17. The lowest BCUT2D eigenvalue weighted by Gasteiger charge is -2.20. The molecule has 0 aromatic rings. The van der Waals surface area contributed by atoms with Gasteiger partial charge in [-0.3, -0.25) is 13.8 Å². The minimum absolute atomic E-state index is 0.0931. The summed E-state index contributed by atoms with van der Waals surface area (Å²) in [5.74, 6) is -0.361. The largest absolute Gasteiger partial charge is 0.472 e. The minimum atomic E-state index is -4.29. The maximum atomic E-state index is 12.6. The number of hydrogen-bond acceptors (Lipinski definition) is 7. The Labute approximate surface area is 338 Å². The monoisotopic (exact) mass is 794 g/mol. The molecule has 0 spiro atoms. The summed E-state index contributed by atoms with van der Waals surface area (Å²) in [4.78, 5) is 22.5. The molecular weight excluding hydrogens is 709 g/mol. The van der Waals surface area contributed by atoms with E-state index in [-0.39, 0.29) is 38.8 Å². The van der Waals surface area contributed by atoms with Crippen LogP contribution in [0.5, 0.6) is 0 Å². The molecule has 0 saturated heterocycles. The normalized spacial score (nSPS) is 14.0. The van der Waals surface area contributed by atoms with Crippen molar-refractivity contribution in [1.82, 2.24) is 0 Å². The highest BCUT2D eigenvalue weighted by Gasteiger charge is 2.25. The van der Waals surface area contributed by atoms with Crippen LogP contribution in [0.1, 0.15) is 187 Å². The van der Waals surface area contributed by atoms with Gasteiger partial charge in [0.25, 0.3) is 0 Å². The van der Waals surface area contributed by atoms with Crippen LogP contribution in [0.15, 0.2) is 60.8 Å². The van der Waals surface area contributed by atoms with Gasteiger partial charge in [0, 0.05) is 19.6 Å². The molecule has 55 heavy (non-hydrogen) atoms. The van der Waals surface area contributed by atoms with Crippen molar-refractivity contribution >= 4 is 13.8 Å². The number of allylic oxidation sites excluding steroid dienone is 10. The number of nitrogens with two attached hydrogens (primary N) is 1. The predicted octanol–water partition coefficient (Wildman–Crippen LogP) is 13.4. The maximum absolute atomic E-state index is 12.6. The maximum Gasteiger partial charge on any atom is 0.472 e. The molecule has 0 amide bonds. The summed E-state index contributed by atoms with van der Waals surface area (Å²) in [6, 6.07) is 0. The summed E-state index contributed by atoms with van der Waals surface area (Å²) in [6.07, 6.45) is 52.4. The highest BCUT2D eigenvalue weighted by atomic mass is 31.2. The van der Waals surface area contributed by atoms with E-state index in [9.17, 15) is 14.3 Å². The third-order valence-corrected chi connectivity index (χ3v) is 10.2. The first-order valence-electron chi connectivity index (χ1n) is 22.3. The fraction of sp³-hybridized carbons (Fsp3) is 0.761. The van der Waals surface area contributed by atoms with Crippen molar-refractivity contribution in [3.63, 3.8) is 0 Å². The van der Waals surface area contributed by atoms with Gasteiger partial charge in [0.05, 0.1) is 19.8 Å². The zero-order chi connectivity index (χ0) is 40.2. The fourth-order valence-corrected chi connectivity index (χ4v) is 6.73. The molecule has 0 heterocycles. The third-order valence-electron chi connectivity index (χ3n) is 9.20. The van der Waals surface area contributed by atoms with Gasteiger partial charge in [0.2, 0.25) is 0 Å². The van der Waals surface area contributed by atoms with E-state index in [0.717, 1.165) is 70.6 Å². The zero-order valence-electron chi connectivity index (χ0n) is 35.4. The Morgan fingerprint density at radius 2 is 1.02 bits per heavy atom. The number of unbranched alkanes of at least 4 members (excludes halogenated alkanes) is 19. The number of phosphoric acid groups is 1. The SMILES string of the molecule is CC/C=C\C/C=C\C/C=C\C/C=C\C/C=C\CCCCCC(=O)OC(COCCCCCCCCCCCCCCCCCCC)COP(=O)(O)OCCN. The molecule has 0 aromatic heterocycles. The van der Waals surface area contributed by atoms with Crippen molar-refractivity contribution in [2.24, 2.45) is 5.73 Å². The first-order chi connectivity index (χ1) is 26.9. The van der Waals surface area contributed by atoms with Crippen molar-refractivity contribution in [2.45, 2.75) is 193 Å². The van der Waals surface area contributed by atoms with Crippen LogP contribution in [-0.2, 0) is 27.9 Å². The van der Waals surface area contributed by atoms with Crippen LogP contribution >= 0.6 is 7.82 Å². The van der Waals surface area contributed by atoms with Gasteiger partial charge in [0.1, 0.15) is 6.10 Å². The van der Waals surface area contributed by atoms with Crippen LogP contribution in [0.4, 0.5) is 0 Å². The van der Waals surface area contributed by atoms with Crippen LogP contribution in [0.3, 0.4) is 0 Å². The van der Waals surface area contributed by atoms with Crippen molar-refractivity contribution in [3.8, 4) is 0 Å². The molecule has 3 N–H and O–H groups in total. The average molecular weight is 794 g/mol. The van der Waals surface area contributed by atoms with Gasteiger partial charge in [-0.2, -0.15) is 0 Å². The molecule has 0 bridgehead atoms. The highest BCUT2D eigenvalue weighted by molar-refractivity contribution is 7.47. The second-order valence-corrected chi connectivity index (χ2v) is 16.0. The number of carbonyl (C=O) groups excluding carboxylic acids is 1. The van der Waals surface area contributed by atoms with Crippen molar-refractivity contribution in [3.05, 3.63) is 60.8 Å². The van der Waals surface area contributed by atoms with E-state index in [2.05, 4.69) is 74.6 Å². The van der Waals surface area contributed by atoms with Gasteiger partial charge >= 0.3 is 13.8 Å². The Morgan fingerprint density at radius 3 is 1.51 bits per heavy atom. The third kappa shape index (κ3) is 43.2. The Bertz CT molecular complexity index is 1030. The standard InChI is InChI=1S/C46H84NO7P/c1-3-5-7-9-11-13-15-17-19-21-22-23-25-27-29-31-33-35-37-39-46(48)54-45(44-53-55(49,50)52-42-40-47)43-51-41-38-36-34-32-30-28-26-24-20-18-16-14-12-10-8-6-4-2/h5,7,11,13,17,19,22-23,27,29,45H,3-4,6,8-10,12,14-16,18,20-21,24-26,28,30-44,47H2,1-2H3,(H,49,50)/b7-5-,13-11-,19-17-,23-22-,29-27-. The zero-order valence-corrected chi connectivity index (χ0v) is 36.3. The van der Waals surface area contributed by atoms with Crippen LogP contribution in [0.2, 0.25) is 0 Å². The molecule has 0 saturated carbocycles. The molecule has 0 rings (SSSR count). The summed E-state index contributed by atoms with van der Waals surface area (Å²) >= 11 is 0. The Kier molecular flexibility index (Phi) is 41.9. The van der Waals surface area contributed by atoms with Gasteiger partial charge in [-0.05, 0) is 57.8 Å². The Balaban J connectivity index is 4.09. The molecule has 0 aliphatic heterocycles. The van der Waals surface area contributed by atoms with E-state index in [1.807, 2.05) is 0 Å². The van der Waals surface area contributed by atoms with Crippen LogP contribution in [0, 0.1) is 0 Å². The molecule has 320 valence electrons. The predicted molar refractivity (Wildman–Crippen MR) is 233 cm³/mol. The molecule has 8 nitrogen and oxygen atoms in total.